The summed E-state index contributed by atoms with van der Waals surface area (Å²) in [5.74, 6) is 0.967. The molecule has 5 heteroatoms. The highest BCUT2D eigenvalue weighted by Crippen LogP contribution is 2.25. The van der Waals surface area contributed by atoms with Gasteiger partial charge in [0, 0.05) is 29.9 Å². The highest BCUT2D eigenvalue weighted by atomic mass is 16.2. The van der Waals surface area contributed by atoms with Crippen molar-refractivity contribution in [1.82, 2.24) is 15.3 Å². The molecule has 5 nitrogen and oxygen atoms in total. The molecule has 0 saturated carbocycles. The van der Waals surface area contributed by atoms with E-state index in [0.717, 1.165) is 11.3 Å². The van der Waals surface area contributed by atoms with Crippen LogP contribution in [-0.2, 0) is 0 Å². The van der Waals surface area contributed by atoms with Gasteiger partial charge in [-0.1, -0.05) is 48.5 Å². The number of hydrogen-bond donors (Lipinski definition) is 1. The van der Waals surface area contributed by atoms with Gasteiger partial charge in [-0.05, 0) is 32.9 Å². The largest absolute Gasteiger partial charge is 0.346 e. The summed E-state index contributed by atoms with van der Waals surface area (Å²) in [5.41, 5.74) is 1.85. The third-order valence-corrected chi connectivity index (χ3v) is 3.95. The molecular formula is C22H24N4O. The number of benzene rings is 2. The Labute approximate surface area is 160 Å². The molecule has 3 rings (SSSR count). The van der Waals surface area contributed by atoms with Crippen molar-refractivity contribution in [3.05, 3.63) is 72.4 Å². The van der Waals surface area contributed by atoms with Crippen LogP contribution in [0.4, 0.5) is 11.5 Å². The van der Waals surface area contributed by atoms with Gasteiger partial charge in [0.05, 0.1) is 0 Å². The van der Waals surface area contributed by atoms with Gasteiger partial charge in [0.25, 0.3) is 5.91 Å². The first-order valence-electron chi connectivity index (χ1n) is 8.89. The standard InChI is InChI=1S/C22H24N4O/c1-22(2,3)25-21(27)18-15-19(26(4)17-13-9-6-10-14-17)24-20(23-18)16-11-7-5-8-12-16/h5-15H,1-4H3,(H,25,27). The first kappa shape index (κ1) is 18.6. The number of nitrogens with zero attached hydrogens (tertiary/aromatic N) is 3. The second-order valence-electron chi connectivity index (χ2n) is 7.40. The summed E-state index contributed by atoms with van der Waals surface area (Å²) in [6.45, 7) is 5.84. The van der Waals surface area contributed by atoms with Crippen LogP contribution in [0.5, 0.6) is 0 Å². The minimum Gasteiger partial charge on any atom is -0.346 e. The van der Waals surface area contributed by atoms with Gasteiger partial charge in [-0.2, -0.15) is 0 Å². The summed E-state index contributed by atoms with van der Waals surface area (Å²) < 4.78 is 0. The molecule has 1 amide bonds. The van der Waals surface area contributed by atoms with Gasteiger partial charge in [0.15, 0.2) is 5.82 Å². The van der Waals surface area contributed by atoms with E-state index in [0.29, 0.717) is 17.3 Å². The summed E-state index contributed by atoms with van der Waals surface area (Å²) in [5, 5.41) is 2.97. The van der Waals surface area contributed by atoms with Crippen LogP contribution in [0.3, 0.4) is 0 Å². The van der Waals surface area contributed by atoms with Crippen LogP contribution >= 0.6 is 0 Å². The second kappa shape index (κ2) is 7.58. The maximum absolute atomic E-state index is 12.7. The van der Waals surface area contributed by atoms with Crippen LogP contribution in [0.1, 0.15) is 31.3 Å². The van der Waals surface area contributed by atoms with Crippen LogP contribution < -0.4 is 10.2 Å². The zero-order valence-electron chi connectivity index (χ0n) is 16.1. The van der Waals surface area contributed by atoms with Gasteiger partial charge in [-0.15, -0.1) is 0 Å². The van der Waals surface area contributed by atoms with Crippen LogP contribution in [0, 0.1) is 0 Å². The molecule has 27 heavy (non-hydrogen) atoms. The second-order valence-corrected chi connectivity index (χ2v) is 7.40. The average molecular weight is 360 g/mol. The molecule has 138 valence electrons. The predicted molar refractivity (Wildman–Crippen MR) is 109 cm³/mol. The zero-order valence-corrected chi connectivity index (χ0v) is 16.1. The molecule has 0 radical (unpaired) electrons. The molecule has 0 fully saturated rings. The average Bonchev–Trinajstić information content (AvgIpc) is 2.67. The first-order chi connectivity index (χ1) is 12.8. The third kappa shape index (κ3) is 4.70. The van der Waals surface area contributed by atoms with Crippen molar-refractivity contribution in [1.29, 1.82) is 0 Å². The van der Waals surface area contributed by atoms with Crippen LogP contribution in [0.15, 0.2) is 66.7 Å². The van der Waals surface area contributed by atoms with Crippen molar-refractivity contribution in [2.75, 3.05) is 11.9 Å². The van der Waals surface area contributed by atoms with E-state index in [1.165, 1.54) is 0 Å². The number of rotatable bonds is 4. The van der Waals surface area contributed by atoms with E-state index in [1.54, 1.807) is 6.07 Å². The van der Waals surface area contributed by atoms with Gasteiger partial charge < -0.3 is 10.2 Å². The van der Waals surface area contributed by atoms with E-state index < -0.39 is 0 Å². The molecule has 0 aliphatic heterocycles. The van der Waals surface area contributed by atoms with Crippen LogP contribution in [0.25, 0.3) is 11.4 Å². The summed E-state index contributed by atoms with van der Waals surface area (Å²) in [4.78, 5) is 23.9. The highest BCUT2D eigenvalue weighted by Gasteiger charge is 2.20. The fourth-order valence-corrected chi connectivity index (χ4v) is 2.63. The van der Waals surface area contributed by atoms with Crippen molar-refractivity contribution in [2.45, 2.75) is 26.3 Å². The number of para-hydroxylation sites is 1. The van der Waals surface area contributed by atoms with Crippen LogP contribution in [0.2, 0.25) is 0 Å². The lowest BCUT2D eigenvalue weighted by Crippen LogP contribution is -2.41. The fourth-order valence-electron chi connectivity index (χ4n) is 2.63. The van der Waals surface area contributed by atoms with Gasteiger partial charge >= 0.3 is 0 Å². The SMILES string of the molecule is CN(c1ccccc1)c1cc(C(=O)NC(C)(C)C)nc(-c2ccccc2)n1. The van der Waals surface area contributed by atoms with Crippen molar-refractivity contribution in [2.24, 2.45) is 0 Å². The van der Waals surface area contributed by atoms with E-state index in [4.69, 9.17) is 4.98 Å². The fraction of sp³-hybridized carbons (Fsp3) is 0.227. The summed E-state index contributed by atoms with van der Waals surface area (Å²) >= 11 is 0. The smallest absolute Gasteiger partial charge is 0.270 e. The Hall–Kier alpha value is -3.21. The van der Waals surface area contributed by atoms with Crippen molar-refractivity contribution in [3.63, 3.8) is 0 Å². The molecule has 0 aliphatic carbocycles. The Morgan fingerprint density at radius 2 is 1.52 bits per heavy atom. The Morgan fingerprint density at radius 3 is 2.11 bits per heavy atom. The molecule has 1 N–H and O–H groups in total. The van der Waals surface area contributed by atoms with E-state index in [2.05, 4.69) is 10.3 Å². The van der Waals surface area contributed by atoms with Gasteiger partial charge in [0.2, 0.25) is 0 Å². The molecule has 0 spiro atoms. The molecule has 0 aliphatic rings. The first-order valence-corrected chi connectivity index (χ1v) is 8.89. The lowest BCUT2D eigenvalue weighted by Gasteiger charge is -2.22. The number of aromatic nitrogens is 2. The lowest BCUT2D eigenvalue weighted by atomic mass is 10.1. The number of nitrogens with one attached hydrogen (secondary N) is 1. The summed E-state index contributed by atoms with van der Waals surface area (Å²) in [7, 11) is 1.93. The van der Waals surface area contributed by atoms with E-state index in [9.17, 15) is 4.79 Å². The monoisotopic (exact) mass is 360 g/mol. The molecule has 0 atom stereocenters. The highest BCUT2D eigenvalue weighted by molar-refractivity contribution is 5.94. The molecule has 3 aromatic rings. The molecule has 0 bridgehead atoms. The Bertz CT molecular complexity index is 918. The summed E-state index contributed by atoms with van der Waals surface area (Å²) in [6.07, 6.45) is 0. The molecule has 1 aromatic heterocycles. The normalized spacial score (nSPS) is 11.1. The Balaban J connectivity index is 2.07. The lowest BCUT2D eigenvalue weighted by molar-refractivity contribution is 0.0914. The quantitative estimate of drug-likeness (QED) is 0.747. The molecule has 1 heterocycles. The van der Waals surface area contributed by atoms with E-state index in [-0.39, 0.29) is 11.4 Å². The van der Waals surface area contributed by atoms with Gasteiger partial charge in [-0.3, -0.25) is 4.79 Å². The molecular weight excluding hydrogens is 336 g/mol. The maximum Gasteiger partial charge on any atom is 0.270 e. The molecule has 0 unspecified atom stereocenters. The van der Waals surface area contributed by atoms with Gasteiger partial charge in [-0.25, -0.2) is 9.97 Å². The van der Waals surface area contributed by atoms with Crippen LogP contribution in [-0.4, -0.2) is 28.5 Å². The maximum atomic E-state index is 12.7. The minimum absolute atomic E-state index is 0.218. The number of carbonyl (C=O) groups is 1. The molecule has 2 aromatic carbocycles. The van der Waals surface area contributed by atoms with Gasteiger partial charge in [0.1, 0.15) is 11.5 Å². The topological polar surface area (TPSA) is 58.1 Å². The number of carbonyl (C=O) groups excluding carboxylic acids is 1. The predicted octanol–water partition coefficient (Wildman–Crippen LogP) is 4.44. The van der Waals surface area contributed by atoms with E-state index >= 15 is 0 Å². The van der Waals surface area contributed by atoms with Crippen molar-refractivity contribution in [3.8, 4) is 11.4 Å². The Morgan fingerprint density at radius 1 is 0.926 bits per heavy atom. The minimum atomic E-state index is -0.347. The van der Waals surface area contributed by atoms with Crippen molar-refractivity contribution < 1.29 is 4.79 Å². The number of amides is 1. The third-order valence-electron chi connectivity index (χ3n) is 3.95. The number of hydrogen-bond acceptors (Lipinski definition) is 4. The number of anilines is 2. The van der Waals surface area contributed by atoms with Crippen molar-refractivity contribution >= 4 is 17.4 Å². The zero-order chi connectivity index (χ0) is 19.4. The summed E-state index contributed by atoms with van der Waals surface area (Å²) in [6, 6.07) is 21.3. The van der Waals surface area contributed by atoms with E-state index in [1.807, 2.05) is 93.4 Å². The Kier molecular flexibility index (Phi) is 5.21. The molecule has 0 saturated heterocycles.